The third-order valence-corrected chi connectivity index (χ3v) is 9.82. The van der Waals surface area contributed by atoms with E-state index in [-0.39, 0.29) is 61.1 Å². The predicted octanol–water partition coefficient (Wildman–Crippen LogP) is 0.895. The van der Waals surface area contributed by atoms with Crippen LogP contribution in [0.2, 0.25) is 0 Å². The molecule has 0 aromatic heterocycles. The van der Waals surface area contributed by atoms with Gasteiger partial charge in [-0.25, -0.2) is 0 Å². The largest absolute Gasteiger partial charge is 0.510 e. The average molecular weight is 687 g/mol. The number of carbonyl (C=O) groups is 5. The maximum Gasteiger partial charge on any atom is 0.305 e. The van der Waals surface area contributed by atoms with Crippen molar-refractivity contribution >= 4 is 35.1 Å². The summed E-state index contributed by atoms with van der Waals surface area (Å²) in [4.78, 5) is 69.0. The van der Waals surface area contributed by atoms with Crippen LogP contribution in [0.3, 0.4) is 0 Å². The molecule has 3 aliphatic carbocycles. The molecule has 1 aromatic rings. The highest BCUT2D eigenvalue weighted by Crippen LogP contribution is 2.53. The average Bonchev–Trinajstić information content (AvgIpc) is 3.02. The van der Waals surface area contributed by atoms with Crippen molar-refractivity contribution in [2.75, 3.05) is 60.4 Å². The Hall–Kier alpha value is -4.47. The van der Waals surface area contributed by atoms with Gasteiger partial charge in [-0.15, -0.1) is 0 Å². The van der Waals surface area contributed by atoms with Crippen molar-refractivity contribution in [1.82, 2.24) is 9.80 Å². The summed E-state index contributed by atoms with van der Waals surface area (Å²) < 4.78 is 9.49. The summed E-state index contributed by atoms with van der Waals surface area (Å²) in [6, 6.07) is 0.683. The van der Waals surface area contributed by atoms with E-state index in [2.05, 4.69) is 0 Å². The van der Waals surface area contributed by atoms with Crippen LogP contribution in [0.25, 0.3) is 0 Å². The van der Waals surface area contributed by atoms with E-state index in [0.717, 1.165) is 0 Å². The third-order valence-electron chi connectivity index (χ3n) is 9.82. The van der Waals surface area contributed by atoms with E-state index in [4.69, 9.17) is 15.2 Å². The molecule has 0 spiro atoms. The summed E-state index contributed by atoms with van der Waals surface area (Å²) in [5.41, 5.74) is 2.98. The number of hydrogen-bond acceptors (Lipinski definition) is 14. The number of ketones is 2. The summed E-state index contributed by atoms with van der Waals surface area (Å²) in [7, 11) is 9.31. The number of allylic oxidation sites excluding steroid dienone is 1. The van der Waals surface area contributed by atoms with Gasteiger partial charge in [-0.1, -0.05) is 0 Å². The van der Waals surface area contributed by atoms with Gasteiger partial charge in [-0.05, 0) is 70.4 Å². The van der Waals surface area contributed by atoms with Gasteiger partial charge >= 0.3 is 11.9 Å². The molecule has 15 heteroatoms. The number of esters is 2. The standard InChI is InChI=1S/C34H46N4O11/c1-36(2)21-15-18(16-38(11-7-9-22(39)48-5)12-8-10-23(40)49-6)28(41)25-19(21)13-17-14-20-27(37(3)4)30(43)26(33(35)46)32(45)34(20,47)31(44)24(17)29(25)42/h15,17,20,27,41,43-44,47H,7-14,16H2,1-6H3,(H2,35,46)/t17-,20-,27-,34-/m0/s1. The Morgan fingerprint density at radius 2 is 1.55 bits per heavy atom. The number of nitrogens with two attached hydrogens (primary N) is 1. The topological polar surface area (TPSA) is 220 Å². The zero-order chi connectivity index (χ0) is 36.5. The van der Waals surface area contributed by atoms with Crippen LogP contribution in [0.4, 0.5) is 5.69 Å². The Morgan fingerprint density at radius 3 is 2.04 bits per heavy atom. The summed E-state index contributed by atoms with van der Waals surface area (Å²) in [5.74, 6) is -7.88. The Morgan fingerprint density at radius 1 is 0.980 bits per heavy atom. The van der Waals surface area contributed by atoms with Crippen LogP contribution in [0.5, 0.6) is 5.75 Å². The van der Waals surface area contributed by atoms with E-state index in [9.17, 15) is 44.4 Å². The van der Waals surface area contributed by atoms with Gasteiger partial charge in [0.05, 0.1) is 25.8 Å². The van der Waals surface area contributed by atoms with E-state index in [1.807, 2.05) is 4.90 Å². The second-order valence-corrected chi connectivity index (χ2v) is 13.3. The number of primary amides is 1. The minimum atomic E-state index is -2.74. The number of nitrogens with zero attached hydrogens (tertiary/aromatic N) is 3. The third kappa shape index (κ3) is 6.74. The van der Waals surface area contributed by atoms with Crippen molar-refractivity contribution < 1.29 is 53.9 Å². The summed E-state index contributed by atoms with van der Waals surface area (Å²) in [5, 5.41) is 46.3. The molecule has 4 atom stereocenters. The number of hydrogen-bond donors (Lipinski definition) is 5. The van der Waals surface area contributed by atoms with Gasteiger partial charge in [-0.3, -0.25) is 33.8 Å². The van der Waals surface area contributed by atoms with Crippen molar-refractivity contribution in [3.05, 3.63) is 45.4 Å². The first kappa shape index (κ1) is 37.4. The molecular formula is C34H46N4O11. The summed E-state index contributed by atoms with van der Waals surface area (Å²) in [6.45, 7) is 0.932. The van der Waals surface area contributed by atoms with Crippen LogP contribution < -0.4 is 10.6 Å². The fourth-order valence-corrected chi connectivity index (χ4v) is 7.48. The molecule has 1 amide bonds. The number of aliphatic hydroxyl groups excluding tert-OH is 2. The fraction of sp³-hybridized carbons (Fsp3) is 0.559. The number of carbonyl (C=O) groups excluding carboxylic acids is 5. The van der Waals surface area contributed by atoms with Crippen molar-refractivity contribution in [2.24, 2.45) is 17.6 Å². The SMILES string of the molecule is COC(=O)CCCN(CCCC(=O)OC)Cc1cc(N(C)C)c2c(c1O)C(=O)C1=C(O)[C@]3(O)C(=O)C(C(N)=O)=C(O)[C@@H](N(C)C)[C@@H]3C[C@@H]1C2. The summed E-state index contributed by atoms with van der Waals surface area (Å²) >= 11 is 0. The first-order valence-corrected chi connectivity index (χ1v) is 16.1. The smallest absolute Gasteiger partial charge is 0.305 e. The number of Topliss-reactive ketones (excluding diaryl/α,β-unsaturated/α-hetero) is 2. The Balaban J connectivity index is 1.80. The molecular weight excluding hydrogens is 640 g/mol. The van der Waals surface area contributed by atoms with Crippen molar-refractivity contribution in [2.45, 2.75) is 56.7 Å². The number of aliphatic hydroxyl groups is 3. The number of rotatable bonds is 13. The Kier molecular flexibility index (Phi) is 11.1. The van der Waals surface area contributed by atoms with E-state index >= 15 is 0 Å². The number of ether oxygens (including phenoxy) is 2. The number of anilines is 1. The number of methoxy groups -OCH3 is 2. The van der Waals surface area contributed by atoms with Gasteiger partial charge in [0.15, 0.2) is 11.4 Å². The maximum atomic E-state index is 14.4. The first-order valence-electron chi connectivity index (χ1n) is 16.1. The van der Waals surface area contributed by atoms with Crippen LogP contribution in [0, 0.1) is 11.8 Å². The maximum absolute atomic E-state index is 14.4. The van der Waals surface area contributed by atoms with Crippen molar-refractivity contribution in [3.63, 3.8) is 0 Å². The zero-order valence-corrected chi connectivity index (χ0v) is 28.7. The molecule has 0 radical (unpaired) electrons. The van der Waals surface area contributed by atoms with E-state index in [0.29, 0.717) is 42.7 Å². The van der Waals surface area contributed by atoms with Crippen LogP contribution in [-0.2, 0) is 41.6 Å². The number of amides is 1. The molecule has 49 heavy (non-hydrogen) atoms. The number of phenols is 1. The lowest BCUT2D eigenvalue weighted by molar-refractivity contribution is -0.148. The van der Waals surface area contributed by atoms with Gasteiger partial charge in [0, 0.05) is 56.2 Å². The van der Waals surface area contributed by atoms with Crippen LogP contribution in [0.15, 0.2) is 28.7 Å². The van der Waals surface area contributed by atoms with Gasteiger partial charge in [0.1, 0.15) is 22.8 Å². The molecule has 15 nitrogen and oxygen atoms in total. The first-order chi connectivity index (χ1) is 23.0. The van der Waals surface area contributed by atoms with E-state index < -0.39 is 58.0 Å². The lowest BCUT2D eigenvalue weighted by atomic mass is 9.58. The number of benzene rings is 1. The lowest BCUT2D eigenvalue weighted by Crippen LogP contribution is -2.63. The predicted molar refractivity (Wildman–Crippen MR) is 176 cm³/mol. The molecule has 0 fully saturated rings. The summed E-state index contributed by atoms with van der Waals surface area (Å²) in [6.07, 6.45) is 1.29. The fourth-order valence-electron chi connectivity index (χ4n) is 7.48. The normalized spacial score (nSPS) is 23.3. The van der Waals surface area contributed by atoms with Gasteiger partial charge in [-0.2, -0.15) is 0 Å². The minimum absolute atomic E-state index is 0.0185. The highest BCUT2D eigenvalue weighted by atomic mass is 16.5. The monoisotopic (exact) mass is 686 g/mol. The molecule has 6 N–H and O–H groups in total. The quantitative estimate of drug-likeness (QED) is 0.144. The molecule has 0 bridgehead atoms. The number of fused-ring (bicyclic) bond motifs is 3. The molecule has 0 saturated carbocycles. The highest BCUT2D eigenvalue weighted by Gasteiger charge is 2.63. The second kappa shape index (κ2) is 14.6. The highest BCUT2D eigenvalue weighted by molar-refractivity contribution is 6.25. The van der Waals surface area contributed by atoms with Crippen LogP contribution in [-0.4, -0.2) is 127 Å². The molecule has 0 unspecified atom stereocenters. The molecule has 3 aliphatic rings. The van der Waals surface area contributed by atoms with Crippen molar-refractivity contribution in [1.29, 1.82) is 0 Å². The molecule has 0 heterocycles. The molecule has 0 aliphatic heterocycles. The Labute approximate surface area is 284 Å². The van der Waals surface area contributed by atoms with Gasteiger partial charge < -0.3 is 40.5 Å². The Bertz CT molecular complexity index is 1590. The lowest BCUT2D eigenvalue weighted by Gasteiger charge is -2.50. The number of likely N-dealkylation sites (N-methyl/N-ethyl adjacent to an activating group) is 1. The van der Waals surface area contributed by atoms with E-state index in [1.165, 1.54) is 19.1 Å². The van der Waals surface area contributed by atoms with Gasteiger partial charge in [0.2, 0.25) is 5.78 Å². The van der Waals surface area contributed by atoms with E-state index in [1.54, 1.807) is 39.2 Å². The van der Waals surface area contributed by atoms with Crippen molar-refractivity contribution in [3.8, 4) is 5.75 Å². The minimum Gasteiger partial charge on any atom is -0.510 e. The molecule has 1 aromatic carbocycles. The van der Waals surface area contributed by atoms with Crippen LogP contribution in [0.1, 0.15) is 53.6 Å². The molecule has 268 valence electrons. The van der Waals surface area contributed by atoms with Crippen LogP contribution >= 0.6 is 0 Å². The zero-order valence-electron chi connectivity index (χ0n) is 28.7. The molecule has 0 saturated heterocycles. The van der Waals surface area contributed by atoms with Gasteiger partial charge in [0.25, 0.3) is 5.91 Å². The molecule has 4 rings (SSSR count). The second-order valence-electron chi connectivity index (χ2n) is 13.3. The number of aromatic hydroxyl groups is 1. The number of phenolic OH excluding ortho intramolecular Hbond substituents is 1.